The number of nitrogens with zero attached hydrogens (tertiary/aromatic N) is 1. The van der Waals surface area contributed by atoms with E-state index in [1.807, 2.05) is 32.0 Å². The molecule has 0 aliphatic rings. The number of aromatic nitrogens is 1. The van der Waals surface area contributed by atoms with E-state index < -0.39 is 0 Å². The van der Waals surface area contributed by atoms with E-state index in [-0.39, 0.29) is 5.91 Å². The molecule has 1 aromatic carbocycles. The molecule has 2 aromatic rings. The molecule has 2 rings (SSSR count). The van der Waals surface area contributed by atoms with Gasteiger partial charge >= 0.3 is 0 Å². The Morgan fingerprint density at radius 3 is 2.74 bits per heavy atom. The van der Waals surface area contributed by atoms with Crippen LogP contribution >= 0.6 is 11.3 Å². The molecule has 0 aliphatic heterocycles. The summed E-state index contributed by atoms with van der Waals surface area (Å²) in [5.74, 6) is -0.0539. The van der Waals surface area contributed by atoms with Gasteiger partial charge in [0.15, 0.2) is 0 Å². The molecule has 0 spiro atoms. The van der Waals surface area contributed by atoms with Crippen LogP contribution in [-0.2, 0) is 11.3 Å². The summed E-state index contributed by atoms with van der Waals surface area (Å²) < 4.78 is 0. The number of rotatable bonds is 4. The van der Waals surface area contributed by atoms with E-state index >= 15 is 0 Å². The second-order valence-electron chi connectivity index (χ2n) is 4.42. The zero-order valence-electron chi connectivity index (χ0n) is 11.3. The third kappa shape index (κ3) is 3.79. The highest BCUT2D eigenvalue weighted by atomic mass is 32.1. The monoisotopic (exact) mass is 275 g/mol. The fourth-order valence-corrected chi connectivity index (χ4v) is 2.40. The van der Waals surface area contributed by atoms with Gasteiger partial charge in [0.1, 0.15) is 0 Å². The Morgan fingerprint density at radius 2 is 2.16 bits per heavy atom. The Bertz CT molecular complexity index is 592. The van der Waals surface area contributed by atoms with Gasteiger partial charge in [0.05, 0.1) is 17.2 Å². The molecule has 1 aromatic heterocycles. The number of carbonyl (C=O) groups is 1. The number of hydrogen-bond acceptors (Lipinski definition) is 4. The predicted octanol–water partition coefficient (Wildman–Crippen LogP) is 3.33. The van der Waals surface area contributed by atoms with Crippen LogP contribution in [-0.4, -0.2) is 10.9 Å². The van der Waals surface area contributed by atoms with Gasteiger partial charge in [-0.3, -0.25) is 4.79 Å². The molecule has 0 saturated carbocycles. The van der Waals surface area contributed by atoms with Gasteiger partial charge in [-0.15, -0.1) is 11.3 Å². The zero-order chi connectivity index (χ0) is 13.8. The first-order valence-corrected chi connectivity index (χ1v) is 6.95. The number of amides is 1. The third-order valence-electron chi connectivity index (χ3n) is 2.68. The van der Waals surface area contributed by atoms with Crippen LogP contribution < -0.4 is 10.6 Å². The summed E-state index contributed by atoms with van der Waals surface area (Å²) in [4.78, 5) is 15.4. The van der Waals surface area contributed by atoms with E-state index in [2.05, 4.69) is 21.0 Å². The van der Waals surface area contributed by atoms with Crippen LogP contribution in [0.3, 0.4) is 0 Å². The van der Waals surface area contributed by atoms with E-state index in [0.717, 1.165) is 27.6 Å². The third-order valence-corrected chi connectivity index (χ3v) is 3.50. The predicted molar refractivity (Wildman–Crippen MR) is 79.7 cm³/mol. The topological polar surface area (TPSA) is 54.0 Å². The molecular formula is C14H17N3OS. The molecule has 2 N–H and O–H groups in total. The molecule has 100 valence electrons. The maximum absolute atomic E-state index is 11.0. The van der Waals surface area contributed by atoms with Gasteiger partial charge < -0.3 is 10.6 Å². The summed E-state index contributed by atoms with van der Waals surface area (Å²) in [5, 5.41) is 9.26. The molecule has 0 atom stereocenters. The number of hydrogen-bond donors (Lipinski definition) is 2. The highest BCUT2D eigenvalue weighted by molar-refractivity contribution is 7.09. The fourth-order valence-electron chi connectivity index (χ4n) is 1.79. The number of anilines is 2. The van der Waals surface area contributed by atoms with Crippen molar-refractivity contribution in [2.45, 2.75) is 27.3 Å². The van der Waals surface area contributed by atoms with Crippen molar-refractivity contribution < 1.29 is 4.79 Å². The largest absolute Gasteiger partial charge is 0.379 e. The summed E-state index contributed by atoms with van der Waals surface area (Å²) in [7, 11) is 0. The molecule has 0 aliphatic carbocycles. The second kappa shape index (κ2) is 5.84. The number of thiazole rings is 1. The van der Waals surface area contributed by atoms with E-state index in [1.165, 1.54) is 6.92 Å². The maximum atomic E-state index is 11.0. The minimum atomic E-state index is -0.0539. The summed E-state index contributed by atoms with van der Waals surface area (Å²) in [6.07, 6.45) is 0. The highest BCUT2D eigenvalue weighted by Crippen LogP contribution is 2.20. The van der Waals surface area contributed by atoms with Crippen molar-refractivity contribution in [3.8, 4) is 0 Å². The fraction of sp³-hybridized carbons (Fsp3) is 0.286. The molecule has 0 bridgehead atoms. The normalized spacial score (nSPS) is 10.3. The summed E-state index contributed by atoms with van der Waals surface area (Å²) in [6.45, 7) is 6.20. The van der Waals surface area contributed by atoms with E-state index in [1.54, 1.807) is 11.3 Å². The standard InChI is InChI=1S/C14H17N3OS/c1-9-6-12(4-5-14(9)16-10(2)18)15-7-13-8-19-11(3)17-13/h4-6,8,15H,7H2,1-3H3,(H,16,18). The zero-order valence-corrected chi connectivity index (χ0v) is 12.1. The highest BCUT2D eigenvalue weighted by Gasteiger charge is 2.03. The average molecular weight is 275 g/mol. The Hall–Kier alpha value is -1.88. The van der Waals surface area contributed by atoms with Gasteiger partial charge in [0.25, 0.3) is 0 Å². The van der Waals surface area contributed by atoms with Gasteiger partial charge in [-0.2, -0.15) is 0 Å². The Morgan fingerprint density at radius 1 is 1.37 bits per heavy atom. The van der Waals surface area contributed by atoms with Gasteiger partial charge in [0.2, 0.25) is 5.91 Å². The van der Waals surface area contributed by atoms with Gasteiger partial charge in [-0.25, -0.2) is 4.98 Å². The van der Waals surface area contributed by atoms with Crippen molar-refractivity contribution >= 4 is 28.6 Å². The van der Waals surface area contributed by atoms with Gasteiger partial charge in [-0.05, 0) is 37.6 Å². The lowest BCUT2D eigenvalue weighted by atomic mass is 10.1. The van der Waals surface area contributed by atoms with Crippen molar-refractivity contribution in [3.63, 3.8) is 0 Å². The minimum absolute atomic E-state index is 0.0539. The van der Waals surface area contributed by atoms with Crippen LogP contribution in [0.5, 0.6) is 0 Å². The maximum Gasteiger partial charge on any atom is 0.221 e. The molecule has 1 heterocycles. The summed E-state index contributed by atoms with van der Waals surface area (Å²) in [6, 6.07) is 5.88. The number of aryl methyl sites for hydroxylation is 2. The lowest BCUT2D eigenvalue weighted by molar-refractivity contribution is -0.114. The first-order chi connectivity index (χ1) is 9.04. The van der Waals surface area contributed by atoms with Crippen LogP contribution in [0, 0.1) is 13.8 Å². The summed E-state index contributed by atoms with van der Waals surface area (Å²) in [5.41, 5.74) is 3.96. The minimum Gasteiger partial charge on any atom is -0.379 e. The van der Waals surface area contributed by atoms with Crippen LogP contribution in [0.15, 0.2) is 23.6 Å². The smallest absolute Gasteiger partial charge is 0.221 e. The van der Waals surface area contributed by atoms with Crippen LogP contribution in [0.25, 0.3) is 0 Å². The molecule has 19 heavy (non-hydrogen) atoms. The Kier molecular flexibility index (Phi) is 4.16. The molecule has 4 nitrogen and oxygen atoms in total. The molecule has 0 unspecified atom stereocenters. The van der Waals surface area contributed by atoms with Gasteiger partial charge in [0, 0.05) is 23.7 Å². The van der Waals surface area contributed by atoms with Crippen molar-refractivity contribution in [2.75, 3.05) is 10.6 Å². The van der Waals surface area contributed by atoms with Crippen LogP contribution in [0.4, 0.5) is 11.4 Å². The average Bonchev–Trinajstić information content (AvgIpc) is 2.75. The first kappa shape index (κ1) is 13.5. The molecule has 0 radical (unpaired) electrons. The number of carbonyl (C=O) groups excluding carboxylic acids is 1. The van der Waals surface area contributed by atoms with Crippen molar-refractivity contribution in [3.05, 3.63) is 39.8 Å². The van der Waals surface area contributed by atoms with Crippen LogP contribution in [0.2, 0.25) is 0 Å². The molecule has 1 amide bonds. The molecule has 0 fully saturated rings. The van der Waals surface area contributed by atoms with Crippen molar-refractivity contribution in [2.24, 2.45) is 0 Å². The van der Waals surface area contributed by atoms with Crippen LogP contribution in [0.1, 0.15) is 23.2 Å². The van der Waals surface area contributed by atoms with E-state index in [9.17, 15) is 4.79 Å². The quantitative estimate of drug-likeness (QED) is 0.900. The Labute approximate surface area is 116 Å². The summed E-state index contributed by atoms with van der Waals surface area (Å²) >= 11 is 1.65. The Balaban J connectivity index is 2.01. The lowest BCUT2D eigenvalue weighted by Crippen LogP contribution is -2.07. The lowest BCUT2D eigenvalue weighted by Gasteiger charge is -2.10. The number of benzene rings is 1. The van der Waals surface area contributed by atoms with Crippen molar-refractivity contribution in [1.29, 1.82) is 0 Å². The first-order valence-electron chi connectivity index (χ1n) is 6.07. The van der Waals surface area contributed by atoms with Crippen molar-refractivity contribution in [1.82, 2.24) is 4.98 Å². The molecule has 5 heteroatoms. The number of nitrogens with one attached hydrogen (secondary N) is 2. The molecule has 0 saturated heterocycles. The SMILES string of the molecule is CC(=O)Nc1ccc(NCc2csc(C)n2)cc1C. The van der Waals surface area contributed by atoms with E-state index in [4.69, 9.17) is 0 Å². The second-order valence-corrected chi connectivity index (χ2v) is 5.48. The van der Waals surface area contributed by atoms with E-state index in [0.29, 0.717) is 6.54 Å². The van der Waals surface area contributed by atoms with Gasteiger partial charge in [-0.1, -0.05) is 0 Å². The molecular weight excluding hydrogens is 258 g/mol.